The molecule has 0 atom stereocenters. The lowest BCUT2D eigenvalue weighted by atomic mass is 10.1. The van der Waals surface area contributed by atoms with Crippen LogP contribution in [0.5, 0.6) is 0 Å². The van der Waals surface area contributed by atoms with Gasteiger partial charge in [-0.2, -0.15) is 5.26 Å². The summed E-state index contributed by atoms with van der Waals surface area (Å²) in [6.45, 7) is 0. The van der Waals surface area contributed by atoms with Gasteiger partial charge in [-0.15, -0.1) is 0 Å². The monoisotopic (exact) mass is 169 g/mol. The molecule has 0 unspecified atom stereocenters. The molecular weight excluding hydrogens is 162 g/mol. The molecule has 1 aromatic heterocycles. The molecule has 1 N–H and O–H groups in total. The molecular formula is C10H7N3. The Morgan fingerprint density at radius 2 is 2.15 bits per heavy atom. The number of nitriles is 1. The second-order valence-electron chi connectivity index (χ2n) is 2.62. The van der Waals surface area contributed by atoms with Gasteiger partial charge in [-0.3, -0.25) is 0 Å². The van der Waals surface area contributed by atoms with Gasteiger partial charge in [-0.05, 0) is 6.07 Å². The van der Waals surface area contributed by atoms with Gasteiger partial charge in [-0.25, -0.2) is 4.98 Å². The van der Waals surface area contributed by atoms with Crippen LogP contribution < -0.4 is 0 Å². The van der Waals surface area contributed by atoms with E-state index < -0.39 is 0 Å². The average Bonchev–Trinajstić information content (AvgIpc) is 2.70. The first-order valence-corrected chi connectivity index (χ1v) is 3.89. The van der Waals surface area contributed by atoms with Crippen LogP contribution >= 0.6 is 0 Å². The number of rotatable bonds is 1. The smallest absolute Gasteiger partial charge is 0.0998 e. The highest BCUT2D eigenvalue weighted by molar-refractivity contribution is 5.66. The van der Waals surface area contributed by atoms with Crippen molar-refractivity contribution in [1.82, 2.24) is 9.97 Å². The first-order chi connectivity index (χ1) is 6.42. The zero-order valence-corrected chi connectivity index (χ0v) is 6.86. The van der Waals surface area contributed by atoms with Gasteiger partial charge in [0, 0.05) is 5.56 Å². The summed E-state index contributed by atoms with van der Waals surface area (Å²) in [6, 6.07) is 9.56. The van der Waals surface area contributed by atoms with Crippen molar-refractivity contribution in [1.29, 1.82) is 5.26 Å². The molecule has 0 amide bonds. The number of aromatic amines is 1. The van der Waals surface area contributed by atoms with Crippen LogP contribution in [0.4, 0.5) is 0 Å². The van der Waals surface area contributed by atoms with Gasteiger partial charge in [0.1, 0.15) is 0 Å². The normalized spacial score (nSPS) is 9.46. The molecule has 3 heteroatoms. The maximum atomic E-state index is 8.83. The van der Waals surface area contributed by atoms with Crippen molar-refractivity contribution in [3.05, 3.63) is 42.4 Å². The predicted molar refractivity (Wildman–Crippen MR) is 48.7 cm³/mol. The van der Waals surface area contributed by atoms with Gasteiger partial charge in [0.2, 0.25) is 0 Å². The van der Waals surface area contributed by atoms with Crippen molar-refractivity contribution in [2.45, 2.75) is 0 Å². The molecule has 13 heavy (non-hydrogen) atoms. The van der Waals surface area contributed by atoms with E-state index >= 15 is 0 Å². The Labute approximate surface area is 75.7 Å². The first kappa shape index (κ1) is 7.56. The fourth-order valence-electron chi connectivity index (χ4n) is 1.22. The van der Waals surface area contributed by atoms with Crippen LogP contribution in [0.2, 0.25) is 0 Å². The van der Waals surface area contributed by atoms with Crippen molar-refractivity contribution >= 4 is 0 Å². The molecule has 0 aliphatic heterocycles. The van der Waals surface area contributed by atoms with Gasteiger partial charge in [0.25, 0.3) is 0 Å². The maximum absolute atomic E-state index is 8.83. The fourth-order valence-corrected chi connectivity index (χ4v) is 1.22. The molecule has 3 nitrogen and oxygen atoms in total. The maximum Gasteiger partial charge on any atom is 0.0998 e. The lowest BCUT2D eigenvalue weighted by Gasteiger charge is -1.98. The zero-order chi connectivity index (χ0) is 9.10. The Balaban J connectivity index is 2.59. The highest BCUT2D eigenvalue weighted by atomic mass is 14.9. The van der Waals surface area contributed by atoms with Gasteiger partial charge in [0.15, 0.2) is 0 Å². The third kappa shape index (κ3) is 1.30. The molecule has 0 aliphatic carbocycles. The molecule has 0 aliphatic rings. The van der Waals surface area contributed by atoms with E-state index in [-0.39, 0.29) is 0 Å². The van der Waals surface area contributed by atoms with E-state index in [0.29, 0.717) is 5.56 Å². The minimum Gasteiger partial charge on any atom is -0.345 e. The number of imidazole rings is 1. The standard InChI is InChI=1S/C10H7N3/c11-5-8-3-1-2-4-9(8)10-6-12-7-13-10/h1-4,6-7H,(H,12,13). The summed E-state index contributed by atoms with van der Waals surface area (Å²) in [5.74, 6) is 0. The molecule has 1 aromatic carbocycles. The minimum absolute atomic E-state index is 0.659. The predicted octanol–water partition coefficient (Wildman–Crippen LogP) is 1.95. The summed E-state index contributed by atoms with van der Waals surface area (Å²) in [5.41, 5.74) is 2.42. The summed E-state index contributed by atoms with van der Waals surface area (Å²) in [5, 5.41) is 8.83. The molecule has 0 bridgehead atoms. The Bertz CT molecular complexity index is 437. The number of aromatic nitrogens is 2. The Morgan fingerprint density at radius 1 is 1.31 bits per heavy atom. The Hall–Kier alpha value is -2.08. The average molecular weight is 169 g/mol. The van der Waals surface area contributed by atoms with Crippen LogP contribution in [0, 0.1) is 11.3 Å². The van der Waals surface area contributed by atoms with Crippen molar-refractivity contribution < 1.29 is 0 Å². The molecule has 2 aromatic rings. The van der Waals surface area contributed by atoms with E-state index in [0.717, 1.165) is 11.3 Å². The lowest BCUT2D eigenvalue weighted by Crippen LogP contribution is -1.82. The van der Waals surface area contributed by atoms with Crippen LogP contribution in [-0.2, 0) is 0 Å². The molecule has 0 saturated carbocycles. The van der Waals surface area contributed by atoms with E-state index in [1.807, 2.05) is 18.2 Å². The van der Waals surface area contributed by atoms with Crippen LogP contribution in [0.15, 0.2) is 36.8 Å². The molecule has 2 rings (SSSR count). The van der Waals surface area contributed by atoms with Crippen molar-refractivity contribution in [2.24, 2.45) is 0 Å². The summed E-state index contributed by atoms with van der Waals surface area (Å²) < 4.78 is 0. The largest absolute Gasteiger partial charge is 0.345 e. The van der Waals surface area contributed by atoms with Gasteiger partial charge in [-0.1, -0.05) is 18.2 Å². The lowest BCUT2D eigenvalue weighted by molar-refractivity contribution is 1.31. The topological polar surface area (TPSA) is 52.5 Å². The Kier molecular flexibility index (Phi) is 1.81. The number of hydrogen-bond donors (Lipinski definition) is 1. The van der Waals surface area contributed by atoms with Crippen LogP contribution in [0.3, 0.4) is 0 Å². The number of benzene rings is 1. The van der Waals surface area contributed by atoms with Gasteiger partial charge >= 0.3 is 0 Å². The van der Waals surface area contributed by atoms with Crippen LogP contribution in [-0.4, -0.2) is 9.97 Å². The highest BCUT2D eigenvalue weighted by Crippen LogP contribution is 2.19. The highest BCUT2D eigenvalue weighted by Gasteiger charge is 2.03. The van der Waals surface area contributed by atoms with Gasteiger partial charge in [0.05, 0.1) is 29.9 Å². The number of H-pyrrole nitrogens is 1. The Morgan fingerprint density at radius 3 is 2.85 bits per heavy atom. The van der Waals surface area contributed by atoms with E-state index in [1.54, 1.807) is 18.6 Å². The quantitative estimate of drug-likeness (QED) is 0.709. The van der Waals surface area contributed by atoms with Crippen LogP contribution in [0.25, 0.3) is 11.3 Å². The summed E-state index contributed by atoms with van der Waals surface area (Å²) >= 11 is 0. The molecule has 0 radical (unpaired) electrons. The first-order valence-electron chi connectivity index (χ1n) is 3.89. The molecule has 62 valence electrons. The zero-order valence-electron chi connectivity index (χ0n) is 6.86. The summed E-state index contributed by atoms with van der Waals surface area (Å²) in [4.78, 5) is 6.87. The van der Waals surface area contributed by atoms with Gasteiger partial charge < -0.3 is 4.98 Å². The summed E-state index contributed by atoms with van der Waals surface area (Å²) in [6.07, 6.45) is 3.31. The second-order valence-corrected chi connectivity index (χ2v) is 2.62. The second kappa shape index (κ2) is 3.11. The third-order valence-electron chi connectivity index (χ3n) is 1.84. The number of hydrogen-bond acceptors (Lipinski definition) is 2. The molecule has 0 fully saturated rings. The SMILES string of the molecule is N#Cc1ccccc1-c1cnc[nH]1. The van der Waals surface area contributed by atoms with Crippen LogP contribution in [0.1, 0.15) is 5.56 Å². The van der Waals surface area contributed by atoms with Crippen molar-refractivity contribution in [2.75, 3.05) is 0 Å². The van der Waals surface area contributed by atoms with Crippen molar-refractivity contribution in [3.63, 3.8) is 0 Å². The molecule has 1 heterocycles. The van der Waals surface area contributed by atoms with E-state index in [9.17, 15) is 0 Å². The number of nitrogens with zero attached hydrogens (tertiary/aromatic N) is 2. The minimum atomic E-state index is 0.659. The fraction of sp³-hybridized carbons (Fsp3) is 0. The number of nitrogens with one attached hydrogen (secondary N) is 1. The molecule has 0 saturated heterocycles. The van der Waals surface area contributed by atoms with Crippen molar-refractivity contribution in [3.8, 4) is 17.3 Å². The summed E-state index contributed by atoms with van der Waals surface area (Å²) in [7, 11) is 0. The van der Waals surface area contributed by atoms with E-state index in [2.05, 4.69) is 16.0 Å². The van der Waals surface area contributed by atoms with E-state index in [1.165, 1.54) is 0 Å². The van der Waals surface area contributed by atoms with E-state index in [4.69, 9.17) is 5.26 Å². The molecule has 0 spiro atoms. The third-order valence-corrected chi connectivity index (χ3v) is 1.84.